The van der Waals surface area contributed by atoms with Crippen molar-refractivity contribution in [3.8, 4) is 11.4 Å². The highest BCUT2D eigenvalue weighted by atomic mass is 32.2. The van der Waals surface area contributed by atoms with Gasteiger partial charge in [-0.05, 0) is 54.8 Å². The predicted molar refractivity (Wildman–Crippen MR) is 145 cm³/mol. The van der Waals surface area contributed by atoms with Crippen LogP contribution in [0.15, 0.2) is 63.7 Å². The zero-order valence-electron chi connectivity index (χ0n) is 20.7. The molecule has 0 saturated heterocycles. The monoisotopic (exact) mass is 560 g/mol. The van der Waals surface area contributed by atoms with Gasteiger partial charge in [0, 0.05) is 31.3 Å². The third-order valence-corrected chi connectivity index (χ3v) is 8.33. The number of hydrogen-bond acceptors (Lipinski definition) is 8. The van der Waals surface area contributed by atoms with Crippen molar-refractivity contribution in [1.29, 1.82) is 0 Å². The molecule has 2 aromatic heterocycles. The van der Waals surface area contributed by atoms with E-state index in [0.29, 0.717) is 11.1 Å². The first-order valence-corrected chi connectivity index (χ1v) is 13.6. The van der Waals surface area contributed by atoms with Crippen LogP contribution in [0.3, 0.4) is 0 Å². The quantitative estimate of drug-likeness (QED) is 0.263. The van der Waals surface area contributed by atoms with Gasteiger partial charge in [0.15, 0.2) is 0 Å². The highest BCUT2D eigenvalue weighted by Crippen LogP contribution is 2.29. The molecule has 0 aliphatic heterocycles. The molecule has 2 amide bonds. The van der Waals surface area contributed by atoms with E-state index < -0.39 is 27.4 Å². The molecule has 10 nitrogen and oxygen atoms in total. The molecule has 0 aliphatic carbocycles. The molecule has 13 heteroatoms. The molecule has 38 heavy (non-hydrogen) atoms. The predicted octanol–water partition coefficient (Wildman–Crippen LogP) is 4.08. The van der Waals surface area contributed by atoms with E-state index >= 15 is 0 Å². The van der Waals surface area contributed by atoms with E-state index in [1.807, 2.05) is 4.72 Å². The molecule has 0 aliphatic rings. The Labute approximate surface area is 222 Å². The van der Waals surface area contributed by atoms with Gasteiger partial charge >= 0.3 is 6.03 Å². The van der Waals surface area contributed by atoms with Crippen LogP contribution in [-0.4, -0.2) is 46.4 Å². The number of benzene rings is 2. The summed E-state index contributed by atoms with van der Waals surface area (Å²) < 4.78 is 53.4. The lowest BCUT2D eigenvalue weighted by atomic mass is 10.1. The van der Waals surface area contributed by atoms with Gasteiger partial charge in [-0.25, -0.2) is 22.3 Å². The van der Waals surface area contributed by atoms with Crippen LogP contribution in [0.4, 0.5) is 20.6 Å². The van der Waals surface area contributed by atoms with Crippen molar-refractivity contribution in [2.75, 3.05) is 38.0 Å². The molecule has 2 heterocycles. The summed E-state index contributed by atoms with van der Waals surface area (Å²) in [6.07, 6.45) is 1.55. The van der Waals surface area contributed by atoms with Gasteiger partial charge in [0.2, 0.25) is 0 Å². The van der Waals surface area contributed by atoms with Gasteiger partial charge in [0.05, 0.1) is 29.1 Å². The summed E-state index contributed by atoms with van der Waals surface area (Å²) in [4.78, 5) is 26.5. The van der Waals surface area contributed by atoms with Gasteiger partial charge in [0.25, 0.3) is 15.6 Å². The summed E-state index contributed by atoms with van der Waals surface area (Å²) in [5.74, 6) is -0.389. The number of carbonyl (C=O) groups excluding carboxylic acids is 1. The second-order valence-electron chi connectivity index (χ2n) is 8.11. The second-order valence-corrected chi connectivity index (χ2v) is 11.3. The number of halogens is 1. The van der Waals surface area contributed by atoms with Crippen molar-refractivity contribution in [2.45, 2.75) is 11.1 Å². The molecule has 0 radical (unpaired) electrons. The van der Waals surface area contributed by atoms with E-state index in [1.54, 1.807) is 44.4 Å². The van der Waals surface area contributed by atoms with Crippen LogP contribution in [0.2, 0.25) is 0 Å². The maximum Gasteiger partial charge on any atom is 0.333 e. The standard InChI is InChI=1S/C25H25FN4O6S2/c1-15-4-7-23(37-15)38(33,34)29-25(32)28-20-6-5-17(13-22(20)36-11-10-35-3)30-9-8-16-12-21(27-2)19(26)14-18(16)24(30)31/h4-9,12-14,27H,10-11H2,1-3H3,(H2,28,29,32). The second kappa shape index (κ2) is 11.2. The molecule has 200 valence electrons. The van der Waals surface area contributed by atoms with Crippen molar-refractivity contribution in [1.82, 2.24) is 9.29 Å². The number of pyridine rings is 1. The molecule has 0 spiro atoms. The smallest absolute Gasteiger partial charge is 0.333 e. The summed E-state index contributed by atoms with van der Waals surface area (Å²) in [5.41, 5.74) is 0.365. The first kappa shape index (κ1) is 27.1. The Balaban J connectivity index is 1.66. The molecule has 0 bridgehead atoms. The summed E-state index contributed by atoms with van der Waals surface area (Å²) in [6, 6.07) is 11.0. The van der Waals surface area contributed by atoms with Crippen molar-refractivity contribution in [3.63, 3.8) is 0 Å². The lowest BCUT2D eigenvalue weighted by Crippen LogP contribution is -2.34. The van der Waals surface area contributed by atoms with E-state index in [-0.39, 0.29) is 39.9 Å². The molecule has 4 rings (SSSR count). The van der Waals surface area contributed by atoms with Gasteiger partial charge in [-0.2, -0.15) is 0 Å². The molecule has 0 saturated carbocycles. The highest BCUT2D eigenvalue weighted by Gasteiger charge is 2.21. The third-order valence-electron chi connectivity index (χ3n) is 5.51. The Kier molecular flexibility index (Phi) is 7.99. The number of hydrogen-bond donors (Lipinski definition) is 3. The minimum atomic E-state index is -4.06. The fourth-order valence-corrected chi connectivity index (χ4v) is 5.85. The van der Waals surface area contributed by atoms with Crippen LogP contribution in [0.25, 0.3) is 16.5 Å². The summed E-state index contributed by atoms with van der Waals surface area (Å²) in [5, 5.41) is 5.97. The largest absolute Gasteiger partial charge is 0.489 e. The fraction of sp³-hybridized carbons (Fsp3) is 0.200. The van der Waals surface area contributed by atoms with Gasteiger partial charge in [0.1, 0.15) is 22.4 Å². The van der Waals surface area contributed by atoms with Crippen molar-refractivity contribution in [2.24, 2.45) is 0 Å². The maximum atomic E-state index is 14.3. The van der Waals surface area contributed by atoms with Crippen LogP contribution in [0.1, 0.15) is 4.88 Å². The van der Waals surface area contributed by atoms with Crippen molar-refractivity contribution >= 4 is 49.5 Å². The highest BCUT2D eigenvalue weighted by molar-refractivity contribution is 7.92. The first-order chi connectivity index (χ1) is 18.1. The third kappa shape index (κ3) is 5.79. The number of carbonyl (C=O) groups is 1. The Hall–Kier alpha value is -3.94. The van der Waals surface area contributed by atoms with E-state index in [2.05, 4.69) is 10.6 Å². The summed E-state index contributed by atoms with van der Waals surface area (Å²) in [6.45, 7) is 2.12. The summed E-state index contributed by atoms with van der Waals surface area (Å²) in [7, 11) is -0.979. The number of fused-ring (bicyclic) bond motifs is 1. The molecule has 0 fully saturated rings. The number of urea groups is 1. The number of anilines is 2. The Bertz CT molecular complexity index is 1670. The lowest BCUT2D eigenvalue weighted by Gasteiger charge is -2.16. The van der Waals surface area contributed by atoms with Crippen LogP contribution in [0.5, 0.6) is 5.75 Å². The van der Waals surface area contributed by atoms with Crippen LogP contribution in [0, 0.1) is 12.7 Å². The number of thiophene rings is 1. The Morgan fingerprint density at radius 1 is 1.08 bits per heavy atom. The van der Waals surface area contributed by atoms with Gasteiger partial charge in [-0.3, -0.25) is 9.36 Å². The first-order valence-electron chi connectivity index (χ1n) is 11.3. The van der Waals surface area contributed by atoms with E-state index in [9.17, 15) is 22.4 Å². The number of nitrogens with one attached hydrogen (secondary N) is 3. The van der Waals surface area contributed by atoms with E-state index in [0.717, 1.165) is 16.2 Å². The van der Waals surface area contributed by atoms with Gasteiger partial charge in [-0.1, -0.05) is 0 Å². The zero-order valence-corrected chi connectivity index (χ0v) is 22.3. The van der Waals surface area contributed by atoms with Crippen molar-refractivity contribution < 1.29 is 27.1 Å². The normalized spacial score (nSPS) is 11.4. The number of nitrogens with zero attached hydrogens (tertiary/aromatic N) is 1. The number of aromatic nitrogens is 1. The Morgan fingerprint density at radius 2 is 1.87 bits per heavy atom. The molecule has 0 unspecified atom stereocenters. The molecule has 2 aromatic carbocycles. The molecule has 3 N–H and O–H groups in total. The van der Waals surface area contributed by atoms with Gasteiger partial charge in [-0.15, -0.1) is 11.3 Å². The van der Waals surface area contributed by atoms with Crippen molar-refractivity contribution in [3.05, 3.63) is 75.8 Å². The van der Waals surface area contributed by atoms with E-state index in [4.69, 9.17) is 9.47 Å². The minimum Gasteiger partial charge on any atom is -0.489 e. The summed E-state index contributed by atoms with van der Waals surface area (Å²) >= 11 is 1.04. The molecular formula is C25H25FN4O6S2. The average Bonchev–Trinajstić information content (AvgIpc) is 3.32. The fourth-order valence-electron chi connectivity index (χ4n) is 3.66. The number of rotatable bonds is 9. The van der Waals surface area contributed by atoms with Crippen LogP contribution < -0.4 is 25.7 Å². The number of amides is 2. The topological polar surface area (TPSA) is 128 Å². The molecular weight excluding hydrogens is 535 g/mol. The van der Waals surface area contributed by atoms with E-state index in [1.165, 1.54) is 35.9 Å². The number of methoxy groups -OCH3 is 1. The number of sulfonamides is 1. The number of ether oxygens (including phenoxy) is 2. The number of aryl methyl sites for hydroxylation is 1. The maximum absolute atomic E-state index is 14.3. The zero-order chi connectivity index (χ0) is 27.4. The SMILES string of the molecule is CNc1cc2ccn(-c3ccc(NC(=O)NS(=O)(=O)c4ccc(C)s4)c(OCCOC)c3)c(=O)c2cc1F. The molecule has 0 atom stereocenters. The molecule has 4 aromatic rings. The minimum absolute atomic E-state index is 0.00557. The van der Waals surface area contributed by atoms with Crippen LogP contribution >= 0.6 is 11.3 Å². The van der Waals surface area contributed by atoms with Gasteiger partial charge < -0.3 is 20.1 Å². The van der Waals surface area contributed by atoms with Crippen LogP contribution in [-0.2, 0) is 14.8 Å². The Morgan fingerprint density at radius 3 is 2.55 bits per heavy atom. The lowest BCUT2D eigenvalue weighted by molar-refractivity contribution is 0.146. The average molecular weight is 561 g/mol.